The Balaban J connectivity index is 2.17. The Morgan fingerprint density at radius 3 is 2.88 bits per heavy atom. The standard InChI is InChI=1S/C10H6BrClN2OS/c11-8-4-3-7(16-8)10(15)14-9-6(12)2-1-5-13-9/h1-5H,(H,13,14,15). The highest BCUT2D eigenvalue weighted by atomic mass is 79.9. The zero-order chi connectivity index (χ0) is 11.5. The van der Waals surface area contributed by atoms with Crippen molar-refractivity contribution in [2.24, 2.45) is 0 Å². The first-order valence-corrected chi connectivity index (χ1v) is 6.33. The Morgan fingerprint density at radius 1 is 1.44 bits per heavy atom. The third-order valence-corrected chi connectivity index (χ3v) is 3.71. The molecule has 0 saturated heterocycles. The summed E-state index contributed by atoms with van der Waals surface area (Å²) >= 11 is 10.5. The van der Waals surface area contributed by atoms with Crippen LogP contribution in [0.2, 0.25) is 5.02 Å². The van der Waals surface area contributed by atoms with E-state index < -0.39 is 0 Å². The van der Waals surface area contributed by atoms with Crippen molar-refractivity contribution in [3.05, 3.63) is 44.1 Å². The molecule has 0 aliphatic carbocycles. The molecule has 6 heteroatoms. The lowest BCUT2D eigenvalue weighted by atomic mass is 10.4. The Hall–Kier alpha value is -0.910. The van der Waals surface area contributed by atoms with Crippen LogP contribution in [0.25, 0.3) is 0 Å². The predicted molar refractivity (Wildman–Crippen MR) is 69.2 cm³/mol. The summed E-state index contributed by atoms with van der Waals surface area (Å²) in [6, 6.07) is 6.94. The molecule has 0 saturated carbocycles. The van der Waals surface area contributed by atoms with Crippen LogP contribution in [0.5, 0.6) is 0 Å². The van der Waals surface area contributed by atoms with Gasteiger partial charge in [-0.3, -0.25) is 4.79 Å². The number of hydrogen-bond donors (Lipinski definition) is 1. The summed E-state index contributed by atoms with van der Waals surface area (Å²) in [6.45, 7) is 0. The first-order valence-electron chi connectivity index (χ1n) is 4.34. The molecule has 0 aliphatic heterocycles. The molecule has 2 aromatic rings. The molecule has 2 aromatic heterocycles. The molecule has 0 aliphatic rings. The van der Waals surface area contributed by atoms with E-state index in [-0.39, 0.29) is 5.91 Å². The average molecular weight is 318 g/mol. The Morgan fingerprint density at radius 2 is 2.25 bits per heavy atom. The highest BCUT2D eigenvalue weighted by Gasteiger charge is 2.10. The van der Waals surface area contributed by atoms with Gasteiger partial charge in [0.2, 0.25) is 0 Å². The van der Waals surface area contributed by atoms with E-state index in [1.807, 2.05) is 6.07 Å². The lowest BCUT2D eigenvalue weighted by molar-refractivity contribution is 0.103. The first kappa shape index (κ1) is 11.6. The van der Waals surface area contributed by atoms with Crippen LogP contribution in [0.3, 0.4) is 0 Å². The van der Waals surface area contributed by atoms with Crippen LogP contribution in [0.1, 0.15) is 9.67 Å². The summed E-state index contributed by atoms with van der Waals surface area (Å²) in [5.41, 5.74) is 0. The number of halogens is 2. The molecule has 2 heterocycles. The van der Waals surface area contributed by atoms with Crippen molar-refractivity contribution >= 4 is 50.6 Å². The average Bonchev–Trinajstić information content (AvgIpc) is 2.68. The number of pyridine rings is 1. The van der Waals surface area contributed by atoms with Crippen LogP contribution in [-0.4, -0.2) is 10.9 Å². The molecule has 16 heavy (non-hydrogen) atoms. The van der Waals surface area contributed by atoms with E-state index in [4.69, 9.17) is 11.6 Å². The number of aromatic nitrogens is 1. The van der Waals surface area contributed by atoms with E-state index in [2.05, 4.69) is 26.2 Å². The Labute approximate surface area is 110 Å². The van der Waals surface area contributed by atoms with E-state index in [9.17, 15) is 4.79 Å². The highest BCUT2D eigenvalue weighted by Crippen LogP contribution is 2.24. The third kappa shape index (κ3) is 2.61. The fourth-order valence-corrected chi connectivity index (χ4v) is 2.53. The van der Waals surface area contributed by atoms with E-state index in [0.29, 0.717) is 15.7 Å². The molecule has 2 rings (SSSR count). The van der Waals surface area contributed by atoms with Gasteiger partial charge in [0.15, 0.2) is 5.82 Å². The lowest BCUT2D eigenvalue weighted by Crippen LogP contribution is -2.11. The Kier molecular flexibility index (Phi) is 3.58. The van der Waals surface area contributed by atoms with Crippen LogP contribution >= 0.6 is 38.9 Å². The second-order valence-corrected chi connectivity index (χ2v) is 5.76. The first-order chi connectivity index (χ1) is 7.66. The predicted octanol–water partition coefficient (Wildman–Crippen LogP) is 3.81. The zero-order valence-corrected chi connectivity index (χ0v) is 11.1. The fourth-order valence-electron chi connectivity index (χ4n) is 1.08. The molecular formula is C10H6BrClN2OS. The van der Waals surface area contributed by atoms with Crippen molar-refractivity contribution in [3.63, 3.8) is 0 Å². The number of carbonyl (C=O) groups is 1. The third-order valence-electron chi connectivity index (χ3n) is 1.79. The van der Waals surface area contributed by atoms with Crippen LogP contribution in [0.15, 0.2) is 34.2 Å². The molecule has 0 atom stereocenters. The minimum Gasteiger partial charge on any atom is -0.305 e. The number of rotatable bonds is 2. The summed E-state index contributed by atoms with van der Waals surface area (Å²) in [6.07, 6.45) is 1.58. The van der Waals surface area contributed by atoms with Gasteiger partial charge in [0.05, 0.1) is 13.7 Å². The molecule has 0 radical (unpaired) electrons. The van der Waals surface area contributed by atoms with Gasteiger partial charge in [0.25, 0.3) is 5.91 Å². The second-order valence-electron chi connectivity index (χ2n) is 2.89. The van der Waals surface area contributed by atoms with Gasteiger partial charge in [-0.05, 0) is 40.2 Å². The molecule has 1 amide bonds. The van der Waals surface area contributed by atoms with Gasteiger partial charge < -0.3 is 5.32 Å². The quantitative estimate of drug-likeness (QED) is 0.915. The monoisotopic (exact) mass is 316 g/mol. The largest absolute Gasteiger partial charge is 0.305 e. The molecule has 0 spiro atoms. The van der Waals surface area contributed by atoms with Gasteiger partial charge in [0.1, 0.15) is 0 Å². The molecule has 0 fully saturated rings. The SMILES string of the molecule is O=C(Nc1ncccc1Cl)c1ccc(Br)s1. The normalized spacial score (nSPS) is 10.1. The van der Waals surface area contributed by atoms with Gasteiger partial charge in [-0.15, -0.1) is 11.3 Å². The van der Waals surface area contributed by atoms with Gasteiger partial charge in [-0.2, -0.15) is 0 Å². The van der Waals surface area contributed by atoms with Gasteiger partial charge in [0, 0.05) is 6.20 Å². The second kappa shape index (κ2) is 4.95. The summed E-state index contributed by atoms with van der Waals surface area (Å²) in [5.74, 6) is 0.162. The summed E-state index contributed by atoms with van der Waals surface area (Å²) in [5, 5.41) is 3.07. The maximum absolute atomic E-state index is 11.8. The molecule has 0 aromatic carbocycles. The van der Waals surface area contributed by atoms with E-state index in [1.54, 1.807) is 24.4 Å². The van der Waals surface area contributed by atoms with E-state index in [1.165, 1.54) is 11.3 Å². The van der Waals surface area contributed by atoms with Gasteiger partial charge in [-0.1, -0.05) is 11.6 Å². The zero-order valence-electron chi connectivity index (χ0n) is 7.91. The van der Waals surface area contributed by atoms with Crippen molar-refractivity contribution < 1.29 is 4.79 Å². The van der Waals surface area contributed by atoms with Crippen LogP contribution in [0.4, 0.5) is 5.82 Å². The number of amides is 1. The van der Waals surface area contributed by atoms with Crippen molar-refractivity contribution in [2.75, 3.05) is 5.32 Å². The van der Waals surface area contributed by atoms with Crippen LogP contribution in [-0.2, 0) is 0 Å². The highest BCUT2D eigenvalue weighted by molar-refractivity contribution is 9.11. The number of nitrogens with zero attached hydrogens (tertiary/aromatic N) is 1. The molecule has 82 valence electrons. The van der Waals surface area contributed by atoms with E-state index in [0.717, 1.165) is 3.79 Å². The maximum Gasteiger partial charge on any atom is 0.266 e. The minimum atomic E-state index is -0.212. The number of carbonyl (C=O) groups excluding carboxylic acids is 1. The van der Waals surface area contributed by atoms with Crippen LogP contribution in [0, 0.1) is 0 Å². The Bertz CT molecular complexity index is 529. The lowest BCUT2D eigenvalue weighted by Gasteiger charge is -2.03. The van der Waals surface area contributed by atoms with Crippen molar-refractivity contribution in [2.45, 2.75) is 0 Å². The van der Waals surface area contributed by atoms with Crippen LogP contribution < -0.4 is 5.32 Å². The summed E-state index contributed by atoms with van der Waals surface area (Å²) in [4.78, 5) is 16.3. The van der Waals surface area contributed by atoms with Crippen molar-refractivity contribution in [1.82, 2.24) is 4.98 Å². The molecular weight excluding hydrogens is 312 g/mol. The summed E-state index contributed by atoms with van der Waals surface area (Å²) < 4.78 is 0.907. The molecule has 0 bridgehead atoms. The fraction of sp³-hybridized carbons (Fsp3) is 0. The number of thiophene rings is 1. The van der Waals surface area contributed by atoms with Crippen molar-refractivity contribution in [1.29, 1.82) is 0 Å². The number of nitrogens with one attached hydrogen (secondary N) is 1. The van der Waals surface area contributed by atoms with Gasteiger partial charge >= 0.3 is 0 Å². The molecule has 1 N–H and O–H groups in total. The molecule has 0 unspecified atom stereocenters. The van der Waals surface area contributed by atoms with Gasteiger partial charge in [-0.25, -0.2) is 4.98 Å². The smallest absolute Gasteiger partial charge is 0.266 e. The van der Waals surface area contributed by atoms with Crippen molar-refractivity contribution in [3.8, 4) is 0 Å². The van der Waals surface area contributed by atoms with E-state index >= 15 is 0 Å². The molecule has 3 nitrogen and oxygen atoms in total. The topological polar surface area (TPSA) is 42.0 Å². The number of anilines is 1. The number of hydrogen-bond acceptors (Lipinski definition) is 3. The minimum absolute atomic E-state index is 0.212. The summed E-state index contributed by atoms with van der Waals surface area (Å²) in [7, 11) is 0. The maximum atomic E-state index is 11.8.